The number of benzene rings is 1. The monoisotopic (exact) mass is 208 g/mol. The summed E-state index contributed by atoms with van der Waals surface area (Å²) in [6, 6.07) is 7.30. The van der Waals surface area contributed by atoms with Crippen LogP contribution in [0.25, 0.3) is 0 Å². The smallest absolute Gasteiger partial charge is 0.101 e. The Hall–Kier alpha value is -1.04. The van der Waals surface area contributed by atoms with Crippen molar-refractivity contribution in [1.29, 1.82) is 5.26 Å². The van der Waals surface area contributed by atoms with Crippen molar-refractivity contribution < 1.29 is 0 Å². The average molecular weight is 209 g/mol. The molecule has 0 saturated carbocycles. The van der Waals surface area contributed by atoms with Gasteiger partial charge < -0.3 is 5.73 Å². The maximum atomic E-state index is 8.79. The molecular weight excluding hydrogens is 196 g/mol. The third-order valence-electron chi connectivity index (χ3n) is 2.23. The van der Waals surface area contributed by atoms with E-state index in [0.717, 1.165) is 5.56 Å². The third kappa shape index (κ3) is 2.06. The molecule has 0 heterocycles. The standard InChI is InChI=1S/C11H13ClN2/c1-7(2)11(14)9-5-3-4-8(6-13)10(9)12/h3-5,7,11H,14H2,1-2H3/t11-/m0/s1. The van der Waals surface area contributed by atoms with E-state index in [2.05, 4.69) is 0 Å². The Morgan fingerprint density at radius 2 is 2.07 bits per heavy atom. The summed E-state index contributed by atoms with van der Waals surface area (Å²) in [6.45, 7) is 4.06. The summed E-state index contributed by atoms with van der Waals surface area (Å²) < 4.78 is 0. The molecule has 1 aromatic rings. The summed E-state index contributed by atoms with van der Waals surface area (Å²) in [7, 11) is 0. The Morgan fingerprint density at radius 1 is 1.43 bits per heavy atom. The van der Waals surface area contributed by atoms with Gasteiger partial charge in [0.25, 0.3) is 0 Å². The second-order valence-corrected chi connectivity index (χ2v) is 3.97. The molecule has 0 aliphatic rings. The first-order chi connectivity index (χ1) is 6.57. The highest BCUT2D eigenvalue weighted by Crippen LogP contribution is 2.28. The normalized spacial score (nSPS) is 12.6. The molecule has 2 N–H and O–H groups in total. The lowest BCUT2D eigenvalue weighted by Crippen LogP contribution is -2.17. The fourth-order valence-corrected chi connectivity index (χ4v) is 1.55. The van der Waals surface area contributed by atoms with Crippen molar-refractivity contribution in [2.45, 2.75) is 19.9 Å². The largest absolute Gasteiger partial charge is 0.324 e. The van der Waals surface area contributed by atoms with E-state index < -0.39 is 0 Å². The van der Waals surface area contributed by atoms with Gasteiger partial charge in [-0.15, -0.1) is 0 Å². The Labute approximate surface area is 89.3 Å². The van der Waals surface area contributed by atoms with E-state index in [9.17, 15) is 0 Å². The first-order valence-electron chi connectivity index (χ1n) is 4.52. The Morgan fingerprint density at radius 3 is 2.57 bits per heavy atom. The quantitative estimate of drug-likeness (QED) is 0.813. The van der Waals surface area contributed by atoms with Crippen molar-refractivity contribution in [3.05, 3.63) is 34.3 Å². The number of halogens is 1. The molecule has 0 fully saturated rings. The van der Waals surface area contributed by atoms with Crippen LogP contribution in [0.4, 0.5) is 0 Å². The zero-order chi connectivity index (χ0) is 10.7. The lowest BCUT2D eigenvalue weighted by Gasteiger charge is -2.17. The maximum Gasteiger partial charge on any atom is 0.101 e. The van der Waals surface area contributed by atoms with Gasteiger partial charge >= 0.3 is 0 Å². The molecule has 0 saturated heterocycles. The van der Waals surface area contributed by atoms with Crippen LogP contribution in [0.3, 0.4) is 0 Å². The van der Waals surface area contributed by atoms with Crippen LogP contribution in [-0.2, 0) is 0 Å². The predicted octanol–water partition coefficient (Wildman–Crippen LogP) is 2.87. The molecule has 0 aliphatic heterocycles. The minimum Gasteiger partial charge on any atom is -0.324 e. The van der Waals surface area contributed by atoms with E-state index in [-0.39, 0.29) is 6.04 Å². The van der Waals surface area contributed by atoms with Gasteiger partial charge in [-0.05, 0) is 17.5 Å². The molecule has 0 aliphatic carbocycles. The molecule has 0 spiro atoms. The Balaban J connectivity index is 3.17. The van der Waals surface area contributed by atoms with Crippen LogP contribution in [-0.4, -0.2) is 0 Å². The van der Waals surface area contributed by atoms with Crippen LogP contribution in [0.15, 0.2) is 18.2 Å². The fourth-order valence-electron chi connectivity index (χ4n) is 1.25. The van der Waals surface area contributed by atoms with Crippen molar-refractivity contribution in [3.8, 4) is 6.07 Å². The van der Waals surface area contributed by atoms with Gasteiger partial charge in [-0.25, -0.2) is 0 Å². The minimum absolute atomic E-state index is 0.115. The van der Waals surface area contributed by atoms with Gasteiger partial charge in [-0.2, -0.15) is 5.26 Å². The molecule has 0 bridgehead atoms. The summed E-state index contributed by atoms with van der Waals surface area (Å²) in [5.74, 6) is 0.307. The van der Waals surface area contributed by atoms with E-state index in [1.807, 2.05) is 32.0 Å². The Bertz CT molecular complexity index is 366. The summed E-state index contributed by atoms with van der Waals surface area (Å²) in [5, 5.41) is 9.27. The molecule has 1 aromatic carbocycles. The predicted molar refractivity (Wildman–Crippen MR) is 57.9 cm³/mol. The van der Waals surface area contributed by atoms with Crippen LogP contribution in [0.2, 0.25) is 5.02 Å². The van der Waals surface area contributed by atoms with Crippen LogP contribution in [0, 0.1) is 17.2 Å². The summed E-state index contributed by atoms with van der Waals surface area (Å²) in [6.07, 6.45) is 0. The van der Waals surface area contributed by atoms with Gasteiger partial charge in [-0.3, -0.25) is 0 Å². The molecule has 3 heteroatoms. The third-order valence-corrected chi connectivity index (χ3v) is 2.65. The topological polar surface area (TPSA) is 49.8 Å². The van der Waals surface area contributed by atoms with E-state index >= 15 is 0 Å². The lowest BCUT2D eigenvalue weighted by molar-refractivity contribution is 0.514. The number of nitrogens with zero attached hydrogens (tertiary/aromatic N) is 1. The van der Waals surface area contributed by atoms with E-state index in [1.165, 1.54) is 0 Å². The first-order valence-corrected chi connectivity index (χ1v) is 4.89. The number of nitriles is 1. The maximum absolute atomic E-state index is 8.79. The van der Waals surface area contributed by atoms with Gasteiger partial charge in [0.15, 0.2) is 0 Å². The van der Waals surface area contributed by atoms with Gasteiger partial charge in [0, 0.05) is 6.04 Å². The van der Waals surface area contributed by atoms with E-state index in [1.54, 1.807) is 6.07 Å². The van der Waals surface area contributed by atoms with Crippen LogP contribution >= 0.6 is 11.6 Å². The zero-order valence-corrected chi connectivity index (χ0v) is 9.05. The van der Waals surface area contributed by atoms with Gasteiger partial charge in [0.05, 0.1) is 10.6 Å². The van der Waals surface area contributed by atoms with E-state index in [4.69, 9.17) is 22.6 Å². The van der Waals surface area contributed by atoms with Crippen LogP contribution in [0.5, 0.6) is 0 Å². The first kappa shape index (κ1) is 11.0. The minimum atomic E-state index is -0.115. The molecule has 0 unspecified atom stereocenters. The molecular formula is C11H13ClN2. The molecule has 1 atom stereocenters. The number of hydrogen-bond acceptors (Lipinski definition) is 2. The van der Waals surface area contributed by atoms with Crippen LogP contribution in [0.1, 0.15) is 31.0 Å². The molecule has 2 nitrogen and oxygen atoms in total. The van der Waals surface area contributed by atoms with Gasteiger partial charge in [-0.1, -0.05) is 37.6 Å². The lowest BCUT2D eigenvalue weighted by atomic mass is 9.96. The van der Waals surface area contributed by atoms with Crippen molar-refractivity contribution in [2.24, 2.45) is 11.7 Å². The highest BCUT2D eigenvalue weighted by atomic mass is 35.5. The number of nitrogens with two attached hydrogens (primary N) is 1. The zero-order valence-electron chi connectivity index (χ0n) is 8.29. The van der Waals surface area contributed by atoms with Gasteiger partial charge in [0.1, 0.15) is 6.07 Å². The second-order valence-electron chi connectivity index (χ2n) is 3.59. The highest BCUT2D eigenvalue weighted by molar-refractivity contribution is 6.32. The highest BCUT2D eigenvalue weighted by Gasteiger charge is 2.15. The molecule has 0 amide bonds. The second kappa shape index (κ2) is 4.45. The van der Waals surface area contributed by atoms with Crippen LogP contribution < -0.4 is 5.73 Å². The van der Waals surface area contributed by atoms with E-state index in [0.29, 0.717) is 16.5 Å². The summed E-state index contributed by atoms with van der Waals surface area (Å²) in [5.41, 5.74) is 7.30. The summed E-state index contributed by atoms with van der Waals surface area (Å²) in [4.78, 5) is 0. The average Bonchev–Trinajstić information content (AvgIpc) is 2.17. The fraction of sp³-hybridized carbons (Fsp3) is 0.364. The molecule has 74 valence electrons. The molecule has 0 aromatic heterocycles. The molecule has 14 heavy (non-hydrogen) atoms. The van der Waals surface area contributed by atoms with Crippen molar-refractivity contribution in [1.82, 2.24) is 0 Å². The number of rotatable bonds is 2. The van der Waals surface area contributed by atoms with Gasteiger partial charge in [0.2, 0.25) is 0 Å². The summed E-state index contributed by atoms with van der Waals surface area (Å²) >= 11 is 6.05. The number of hydrogen-bond donors (Lipinski definition) is 1. The van der Waals surface area contributed by atoms with Crippen molar-refractivity contribution in [3.63, 3.8) is 0 Å². The van der Waals surface area contributed by atoms with Crippen molar-refractivity contribution >= 4 is 11.6 Å². The Kier molecular flexibility index (Phi) is 3.51. The molecule has 1 rings (SSSR count). The SMILES string of the molecule is CC(C)[C@H](N)c1cccc(C#N)c1Cl. The molecule has 0 radical (unpaired) electrons. The van der Waals surface area contributed by atoms with Crippen molar-refractivity contribution in [2.75, 3.05) is 0 Å².